The van der Waals surface area contributed by atoms with E-state index < -0.39 is 0 Å². The van der Waals surface area contributed by atoms with Crippen LogP contribution < -0.4 is 10.2 Å². The van der Waals surface area contributed by atoms with Gasteiger partial charge in [0.25, 0.3) is 5.91 Å². The molecule has 1 heterocycles. The minimum absolute atomic E-state index is 0.0331. The lowest BCUT2D eigenvalue weighted by atomic mass is 10.0. The Hall–Kier alpha value is -4.11. The molecule has 0 saturated heterocycles. The van der Waals surface area contributed by atoms with Crippen LogP contribution >= 0.6 is 0 Å². The van der Waals surface area contributed by atoms with Crippen LogP contribution in [0.2, 0.25) is 0 Å². The molecular formula is C28H22N2O. The number of anilines is 2. The molecule has 3 heteroatoms. The summed E-state index contributed by atoms with van der Waals surface area (Å²) in [6.07, 6.45) is 2.14. The van der Waals surface area contributed by atoms with E-state index in [1.807, 2.05) is 95.9 Å². The zero-order valence-corrected chi connectivity index (χ0v) is 17.0. The van der Waals surface area contributed by atoms with Gasteiger partial charge in [-0.25, -0.2) is 0 Å². The zero-order chi connectivity index (χ0) is 21.0. The van der Waals surface area contributed by atoms with Crippen molar-refractivity contribution in [3.63, 3.8) is 0 Å². The maximum Gasteiger partial charge on any atom is 0.259 e. The van der Waals surface area contributed by atoms with Gasteiger partial charge < -0.3 is 5.32 Å². The van der Waals surface area contributed by atoms with Gasteiger partial charge in [0, 0.05) is 11.3 Å². The summed E-state index contributed by atoms with van der Waals surface area (Å²) < 4.78 is 0. The van der Waals surface area contributed by atoms with Gasteiger partial charge in [-0.2, -0.15) is 0 Å². The molecule has 3 nitrogen and oxygen atoms in total. The fraction of sp³-hybridized carbons (Fsp3) is 0.0357. The number of nitrogens with zero attached hydrogens (tertiary/aromatic N) is 1. The van der Waals surface area contributed by atoms with Crippen LogP contribution in [-0.4, -0.2) is 5.91 Å². The Bertz CT molecular complexity index is 1220. The SMILES string of the molecule is O=C(c1ccccc1)N1c2ccccc2NC(c2ccccc2)=C[C@H]1c1ccccc1. The predicted molar refractivity (Wildman–Crippen MR) is 127 cm³/mol. The van der Waals surface area contributed by atoms with Crippen molar-refractivity contribution in [1.82, 2.24) is 0 Å². The molecule has 0 unspecified atom stereocenters. The number of hydrogen-bond acceptors (Lipinski definition) is 2. The van der Waals surface area contributed by atoms with Gasteiger partial charge in [-0.3, -0.25) is 9.69 Å². The van der Waals surface area contributed by atoms with Gasteiger partial charge in [-0.15, -0.1) is 0 Å². The minimum atomic E-state index is -0.264. The van der Waals surface area contributed by atoms with E-state index in [2.05, 4.69) is 35.7 Å². The van der Waals surface area contributed by atoms with E-state index in [0.29, 0.717) is 5.56 Å². The molecule has 0 aromatic heterocycles. The Balaban J connectivity index is 1.73. The number of carbonyl (C=O) groups excluding carboxylic acids is 1. The summed E-state index contributed by atoms with van der Waals surface area (Å²) in [5.41, 5.74) is 5.53. The molecule has 1 N–H and O–H groups in total. The first-order valence-corrected chi connectivity index (χ1v) is 10.4. The zero-order valence-electron chi connectivity index (χ0n) is 17.0. The summed E-state index contributed by atoms with van der Waals surface area (Å²) in [5.74, 6) is -0.0331. The van der Waals surface area contributed by atoms with Crippen molar-refractivity contribution in [3.05, 3.63) is 138 Å². The molecular weight excluding hydrogens is 380 g/mol. The molecule has 0 aliphatic carbocycles. The van der Waals surface area contributed by atoms with E-state index in [1.165, 1.54) is 0 Å². The molecule has 150 valence electrons. The summed E-state index contributed by atoms with van der Waals surface area (Å²) in [7, 11) is 0. The molecule has 1 aliphatic rings. The molecule has 0 radical (unpaired) electrons. The van der Waals surface area contributed by atoms with Gasteiger partial charge in [0.2, 0.25) is 0 Å². The van der Waals surface area contributed by atoms with Gasteiger partial charge in [0.1, 0.15) is 0 Å². The highest BCUT2D eigenvalue weighted by Gasteiger charge is 2.31. The third kappa shape index (κ3) is 3.74. The lowest BCUT2D eigenvalue weighted by Crippen LogP contribution is -2.34. The first kappa shape index (κ1) is 18.9. The number of hydrogen-bond donors (Lipinski definition) is 1. The normalized spacial score (nSPS) is 15.3. The summed E-state index contributed by atoms with van der Waals surface area (Å²) in [4.78, 5) is 15.7. The Morgan fingerprint density at radius 3 is 1.97 bits per heavy atom. The van der Waals surface area contributed by atoms with E-state index in [9.17, 15) is 4.79 Å². The van der Waals surface area contributed by atoms with Crippen molar-refractivity contribution in [2.75, 3.05) is 10.2 Å². The molecule has 1 atom stereocenters. The maximum atomic E-state index is 13.8. The number of fused-ring (bicyclic) bond motifs is 1. The molecule has 1 aliphatic heterocycles. The fourth-order valence-electron chi connectivity index (χ4n) is 4.00. The Morgan fingerprint density at radius 1 is 0.677 bits per heavy atom. The van der Waals surface area contributed by atoms with Crippen molar-refractivity contribution >= 4 is 23.0 Å². The van der Waals surface area contributed by atoms with E-state index in [-0.39, 0.29) is 11.9 Å². The molecule has 0 bridgehead atoms. The van der Waals surface area contributed by atoms with Gasteiger partial charge in [0.15, 0.2) is 0 Å². The van der Waals surface area contributed by atoms with Crippen molar-refractivity contribution in [2.24, 2.45) is 0 Å². The van der Waals surface area contributed by atoms with Crippen molar-refractivity contribution in [2.45, 2.75) is 6.04 Å². The highest BCUT2D eigenvalue weighted by atomic mass is 16.2. The number of amides is 1. The molecule has 4 aromatic carbocycles. The lowest BCUT2D eigenvalue weighted by molar-refractivity contribution is 0.0981. The van der Waals surface area contributed by atoms with Gasteiger partial charge in [0.05, 0.1) is 17.4 Å². The van der Waals surface area contributed by atoms with Gasteiger partial charge in [-0.05, 0) is 41.5 Å². The Labute approximate surface area is 182 Å². The average Bonchev–Trinajstić information content (AvgIpc) is 3.02. The number of nitrogens with one attached hydrogen (secondary N) is 1. The van der Waals surface area contributed by atoms with Crippen LogP contribution in [0.1, 0.15) is 27.5 Å². The Kier molecular flexibility index (Phi) is 5.07. The molecule has 31 heavy (non-hydrogen) atoms. The summed E-state index contributed by atoms with van der Waals surface area (Å²) in [6.45, 7) is 0. The molecule has 0 spiro atoms. The molecule has 1 amide bonds. The van der Waals surface area contributed by atoms with Crippen LogP contribution in [0.25, 0.3) is 5.70 Å². The molecule has 0 fully saturated rings. The smallest absolute Gasteiger partial charge is 0.259 e. The number of para-hydroxylation sites is 2. The molecule has 0 saturated carbocycles. The van der Waals surface area contributed by atoms with Crippen LogP contribution in [0.3, 0.4) is 0 Å². The van der Waals surface area contributed by atoms with Gasteiger partial charge in [-0.1, -0.05) is 91.0 Å². The summed E-state index contributed by atoms with van der Waals surface area (Å²) >= 11 is 0. The van der Waals surface area contributed by atoms with Crippen molar-refractivity contribution < 1.29 is 4.79 Å². The van der Waals surface area contributed by atoms with E-state index in [4.69, 9.17) is 0 Å². The van der Waals surface area contributed by atoms with Gasteiger partial charge >= 0.3 is 0 Å². The van der Waals surface area contributed by atoms with E-state index >= 15 is 0 Å². The molecule has 4 aromatic rings. The van der Waals surface area contributed by atoms with Crippen LogP contribution in [0.4, 0.5) is 11.4 Å². The average molecular weight is 402 g/mol. The second kappa shape index (κ2) is 8.33. The first-order chi connectivity index (χ1) is 15.3. The number of carbonyl (C=O) groups is 1. The van der Waals surface area contributed by atoms with Crippen molar-refractivity contribution in [3.8, 4) is 0 Å². The topological polar surface area (TPSA) is 32.3 Å². The third-order valence-electron chi connectivity index (χ3n) is 5.50. The standard InChI is InChI=1S/C28H22N2O/c31-28(23-16-8-3-9-17-23)30-26-19-11-10-18-24(26)29-25(21-12-4-1-5-13-21)20-27(30)22-14-6-2-7-15-22/h1-20,27,29H/t27-/m0/s1. The fourth-order valence-corrected chi connectivity index (χ4v) is 4.00. The highest BCUT2D eigenvalue weighted by molar-refractivity contribution is 6.09. The third-order valence-corrected chi connectivity index (χ3v) is 5.50. The summed E-state index contributed by atoms with van der Waals surface area (Å²) in [5, 5.41) is 3.58. The van der Waals surface area contributed by atoms with Crippen LogP contribution in [0.5, 0.6) is 0 Å². The lowest BCUT2D eigenvalue weighted by Gasteiger charge is -2.30. The minimum Gasteiger partial charge on any atom is -0.354 e. The van der Waals surface area contributed by atoms with Crippen LogP contribution in [0, 0.1) is 0 Å². The number of benzene rings is 4. The van der Waals surface area contributed by atoms with Crippen molar-refractivity contribution in [1.29, 1.82) is 0 Å². The maximum absolute atomic E-state index is 13.8. The van der Waals surface area contributed by atoms with E-state index in [1.54, 1.807) is 0 Å². The van der Waals surface area contributed by atoms with Crippen LogP contribution in [0.15, 0.2) is 121 Å². The number of rotatable bonds is 3. The highest BCUT2D eigenvalue weighted by Crippen LogP contribution is 2.40. The quantitative estimate of drug-likeness (QED) is 0.422. The molecule has 5 rings (SSSR count). The Morgan fingerprint density at radius 2 is 1.26 bits per heavy atom. The van der Waals surface area contributed by atoms with Crippen LogP contribution in [-0.2, 0) is 0 Å². The summed E-state index contributed by atoms with van der Waals surface area (Å²) in [6, 6.07) is 37.6. The second-order valence-corrected chi connectivity index (χ2v) is 7.49. The largest absolute Gasteiger partial charge is 0.354 e. The van der Waals surface area contributed by atoms with E-state index in [0.717, 1.165) is 28.2 Å². The predicted octanol–water partition coefficient (Wildman–Crippen LogP) is 6.54. The monoisotopic (exact) mass is 402 g/mol. The first-order valence-electron chi connectivity index (χ1n) is 10.4. The second-order valence-electron chi connectivity index (χ2n) is 7.49.